The highest BCUT2D eigenvalue weighted by Gasteiger charge is 2.02. The van der Waals surface area contributed by atoms with Gasteiger partial charge in [-0.15, -0.1) is 0 Å². The summed E-state index contributed by atoms with van der Waals surface area (Å²) in [6.07, 6.45) is 0. The van der Waals surface area contributed by atoms with E-state index in [1.54, 1.807) is 0 Å². The van der Waals surface area contributed by atoms with Crippen molar-refractivity contribution in [3.8, 4) is 11.5 Å². The normalized spacial score (nSPS) is 10.5. The minimum absolute atomic E-state index is 0.824. The van der Waals surface area contributed by atoms with E-state index in [-0.39, 0.29) is 0 Å². The summed E-state index contributed by atoms with van der Waals surface area (Å²) in [5.41, 5.74) is 0.985. The Morgan fingerprint density at radius 3 is 2.28 bits per heavy atom. The molecule has 0 unspecified atom stereocenters. The van der Waals surface area contributed by atoms with Gasteiger partial charge in [-0.2, -0.15) is 0 Å². The van der Waals surface area contributed by atoms with Crippen molar-refractivity contribution in [1.82, 2.24) is 0 Å². The molecule has 0 aliphatic rings. The SMILES string of the molecule is [CH2]c1cc(Oc2ccccc2)cc2ccccc12. The maximum absolute atomic E-state index is 5.83. The van der Waals surface area contributed by atoms with E-state index in [0.29, 0.717) is 0 Å². The smallest absolute Gasteiger partial charge is 0.128 e. The maximum Gasteiger partial charge on any atom is 0.128 e. The van der Waals surface area contributed by atoms with Gasteiger partial charge in [0.05, 0.1) is 0 Å². The highest BCUT2D eigenvalue weighted by Crippen LogP contribution is 2.28. The number of rotatable bonds is 2. The predicted octanol–water partition coefficient (Wildman–Crippen LogP) is 4.81. The first-order chi connectivity index (χ1) is 8.83. The zero-order chi connectivity index (χ0) is 12.4. The van der Waals surface area contributed by atoms with Gasteiger partial charge in [0, 0.05) is 0 Å². The number of hydrogen-bond acceptors (Lipinski definition) is 1. The molecule has 0 atom stereocenters. The first kappa shape index (κ1) is 10.8. The number of hydrogen-bond donors (Lipinski definition) is 0. The molecule has 18 heavy (non-hydrogen) atoms. The lowest BCUT2D eigenvalue weighted by molar-refractivity contribution is 0.483. The van der Waals surface area contributed by atoms with E-state index in [1.807, 2.05) is 54.6 Å². The molecule has 0 aliphatic carbocycles. The van der Waals surface area contributed by atoms with Crippen LogP contribution in [0.4, 0.5) is 0 Å². The van der Waals surface area contributed by atoms with Crippen LogP contribution < -0.4 is 4.74 Å². The molecule has 87 valence electrons. The summed E-state index contributed by atoms with van der Waals surface area (Å²) in [5.74, 6) is 1.66. The average molecular weight is 233 g/mol. The van der Waals surface area contributed by atoms with E-state index in [4.69, 9.17) is 4.74 Å². The fraction of sp³-hybridized carbons (Fsp3) is 0. The molecule has 3 rings (SSSR count). The van der Waals surface area contributed by atoms with Crippen LogP contribution in [0.15, 0.2) is 66.7 Å². The molecule has 0 amide bonds. The zero-order valence-electron chi connectivity index (χ0n) is 9.97. The van der Waals surface area contributed by atoms with Gasteiger partial charge in [0.25, 0.3) is 0 Å². The van der Waals surface area contributed by atoms with Crippen LogP contribution in [-0.2, 0) is 0 Å². The van der Waals surface area contributed by atoms with E-state index < -0.39 is 0 Å². The third-order valence-electron chi connectivity index (χ3n) is 2.90. The second-order valence-electron chi connectivity index (χ2n) is 4.22. The molecule has 0 aromatic heterocycles. The van der Waals surface area contributed by atoms with Gasteiger partial charge in [0.1, 0.15) is 11.5 Å². The summed E-state index contributed by atoms with van der Waals surface area (Å²) >= 11 is 0. The first-order valence-electron chi connectivity index (χ1n) is 5.90. The minimum atomic E-state index is 0.824. The van der Waals surface area contributed by atoms with Gasteiger partial charge < -0.3 is 4.74 Å². The second kappa shape index (κ2) is 4.53. The van der Waals surface area contributed by atoms with Gasteiger partial charge in [-0.3, -0.25) is 0 Å². The molecule has 0 aliphatic heterocycles. The summed E-state index contributed by atoms with van der Waals surface area (Å²) < 4.78 is 5.83. The van der Waals surface area contributed by atoms with Crippen LogP contribution >= 0.6 is 0 Å². The number of ether oxygens (including phenoxy) is 1. The van der Waals surface area contributed by atoms with Crippen molar-refractivity contribution < 1.29 is 4.74 Å². The molecule has 0 saturated carbocycles. The lowest BCUT2D eigenvalue weighted by Gasteiger charge is -2.09. The Bertz CT molecular complexity index is 672. The topological polar surface area (TPSA) is 9.23 Å². The Labute approximate surface area is 107 Å². The van der Waals surface area contributed by atoms with Crippen molar-refractivity contribution in [2.45, 2.75) is 0 Å². The van der Waals surface area contributed by atoms with Crippen molar-refractivity contribution >= 4 is 10.8 Å². The number of benzene rings is 3. The third kappa shape index (κ3) is 2.07. The van der Waals surface area contributed by atoms with Crippen LogP contribution in [0.1, 0.15) is 5.56 Å². The van der Waals surface area contributed by atoms with Crippen LogP contribution in [0, 0.1) is 6.92 Å². The average Bonchev–Trinajstić information content (AvgIpc) is 2.40. The fourth-order valence-electron chi connectivity index (χ4n) is 2.04. The van der Waals surface area contributed by atoms with Gasteiger partial charge in [-0.25, -0.2) is 0 Å². The summed E-state index contributed by atoms with van der Waals surface area (Å²) in [6, 6.07) is 22.0. The Hall–Kier alpha value is -2.28. The zero-order valence-corrected chi connectivity index (χ0v) is 9.97. The minimum Gasteiger partial charge on any atom is -0.457 e. The number of para-hydroxylation sites is 1. The molecule has 3 aromatic carbocycles. The first-order valence-corrected chi connectivity index (χ1v) is 5.90. The summed E-state index contributed by atoms with van der Waals surface area (Å²) in [7, 11) is 0. The van der Waals surface area contributed by atoms with Gasteiger partial charge in [-0.1, -0.05) is 42.5 Å². The van der Waals surface area contributed by atoms with Gasteiger partial charge in [0.2, 0.25) is 0 Å². The largest absolute Gasteiger partial charge is 0.457 e. The molecular weight excluding hydrogens is 220 g/mol. The van der Waals surface area contributed by atoms with Crippen LogP contribution in [0.3, 0.4) is 0 Å². The molecule has 0 spiro atoms. The van der Waals surface area contributed by atoms with Gasteiger partial charge >= 0.3 is 0 Å². The Morgan fingerprint density at radius 1 is 0.722 bits per heavy atom. The van der Waals surface area contributed by atoms with Crippen molar-refractivity contribution in [3.63, 3.8) is 0 Å². The molecule has 0 N–H and O–H groups in total. The Morgan fingerprint density at radius 2 is 1.44 bits per heavy atom. The molecule has 3 aromatic rings. The van der Waals surface area contributed by atoms with Gasteiger partial charge in [0.15, 0.2) is 0 Å². The molecule has 0 saturated heterocycles. The summed E-state index contributed by atoms with van der Waals surface area (Å²) in [4.78, 5) is 0. The van der Waals surface area contributed by atoms with E-state index in [2.05, 4.69) is 19.1 Å². The number of fused-ring (bicyclic) bond motifs is 1. The summed E-state index contributed by atoms with van der Waals surface area (Å²) in [5, 5.41) is 2.31. The maximum atomic E-state index is 5.83. The molecule has 1 nitrogen and oxygen atoms in total. The molecule has 0 bridgehead atoms. The third-order valence-corrected chi connectivity index (χ3v) is 2.90. The highest BCUT2D eigenvalue weighted by molar-refractivity contribution is 5.87. The second-order valence-corrected chi connectivity index (χ2v) is 4.22. The standard InChI is InChI=1S/C17H13O/c1-13-11-16(18-15-8-3-2-4-9-15)12-14-7-5-6-10-17(13)14/h2-12H,1H2. The monoisotopic (exact) mass is 233 g/mol. The quantitative estimate of drug-likeness (QED) is 0.617. The van der Waals surface area contributed by atoms with Gasteiger partial charge in [-0.05, 0) is 47.5 Å². The lowest BCUT2D eigenvalue weighted by Crippen LogP contribution is -1.86. The lowest BCUT2D eigenvalue weighted by atomic mass is 10.1. The molecule has 0 fully saturated rings. The van der Waals surface area contributed by atoms with Crippen LogP contribution in [0.2, 0.25) is 0 Å². The van der Waals surface area contributed by atoms with E-state index in [9.17, 15) is 0 Å². The predicted molar refractivity (Wildman–Crippen MR) is 74.9 cm³/mol. The van der Waals surface area contributed by atoms with Crippen LogP contribution in [0.5, 0.6) is 11.5 Å². The Kier molecular flexibility index (Phi) is 2.73. The van der Waals surface area contributed by atoms with Crippen molar-refractivity contribution in [3.05, 3.63) is 79.2 Å². The van der Waals surface area contributed by atoms with Crippen LogP contribution in [-0.4, -0.2) is 0 Å². The summed E-state index contributed by atoms with van der Waals surface area (Å²) in [6.45, 7) is 4.07. The molecule has 1 radical (unpaired) electrons. The highest BCUT2D eigenvalue weighted by atomic mass is 16.5. The molecule has 0 heterocycles. The molecular formula is C17H13O. The van der Waals surface area contributed by atoms with E-state index in [0.717, 1.165) is 27.8 Å². The van der Waals surface area contributed by atoms with Crippen molar-refractivity contribution in [2.75, 3.05) is 0 Å². The van der Waals surface area contributed by atoms with Crippen LogP contribution in [0.25, 0.3) is 10.8 Å². The van der Waals surface area contributed by atoms with Crippen molar-refractivity contribution in [1.29, 1.82) is 0 Å². The van der Waals surface area contributed by atoms with E-state index >= 15 is 0 Å². The van der Waals surface area contributed by atoms with Crippen molar-refractivity contribution in [2.24, 2.45) is 0 Å². The molecule has 1 heteroatoms. The fourth-order valence-corrected chi connectivity index (χ4v) is 2.04. The van der Waals surface area contributed by atoms with E-state index in [1.165, 1.54) is 0 Å². The Balaban J connectivity index is 2.03.